The number of carbonyl (C=O) groups is 1. The minimum absolute atomic E-state index is 0.0458. The number of fused-ring (bicyclic) bond motifs is 1. The minimum Gasteiger partial charge on any atom is -0.490 e. The van der Waals surface area contributed by atoms with Gasteiger partial charge in [0.1, 0.15) is 29.7 Å². The van der Waals surface area contributed by atoms with E-state index in [0.29, 0.717) is 12.4 Å². The molecular formula is C29H34FN7O3. The zero-order chi connectivity index (χ0) is 27.9. The highest BCUT2D eigenvalue weighted by atomic mass is 19.1. The van der Waals surface area contributed by atoms with E-state index in [1.807, 2.05) is 33.0 Å². The van der Waals surface area contributed by atoms with Gasteiger partial charge in [0.2, 0.25) is 0 Å². The molecule has 2 aliphatic heterocycles. The molecule has 40 heavy (non-hydrogen) atoms. The third kappa shape index (κ3) is 4.94. The van der Waals surface area contributed by atoms with Crippen LogP contribution in [-0.4, -0.2) is 69.3 Å². The van der Waals surface area contributed by atoms with E-state index in [2.05, 4.69) is 30.4 Å². The van der Waals surface area contributed by atoms with Crippen LogP contribution in [-0.2, 0) is 13.0 Å². The van der Waals surface area contributed by atoms with Crippen LogP contribution in [0.1, 0.15) is 55.2 Å². The fraction of sp³-hybridized carbons (Fsp3) is 0.483. The van der Waals surface area contributed by atoms with Gasteiger partial charge < -0.3 is 24.6 Å². The van der Waals surface area contributed by atoms with Crippen LogP contribution in [0.2, 0.25) is 0 Å². The van der Waals surface area contributed by atoms with E-state index in [-0.39, 0.29) is 40.7 Å². The Morgan fingerprint density at radius 3 is 2.83 bits per heavy atom. The Morgan fingerprint density at radius 2 is 2.05 bits per heavy atom. The Morgan fingerprint density at radius 1 is 1.23 bits per heavy atom. The first-order chi connectivity index (χ1) is 19.4. The van der Waals surface area contributed by atoms with E-state index in [1.54, 1.807) is 4.90 Å². The summed E-state index contributed by atoms with van der Waals surface area (Å²) < 4.78 is 26.7. The Balaban J connectivity index is 1.13. The van der Waals surface area contributed by atoms with Crippen LogP contribution in [0.3, 0.4) is 0 Å². The molecule has 6 rings (SSSR count). The lowest BCUT2D eigenvalue weighted by Crippen LogP contribution is -2.65. The summed E-state index contributed by atoms with van der Waals surface area (Å²) in [6, 6.07) is 5.85. The van der Waals surface area contributed by atoms with Crippen molar-refractivity contribution in [3.63, 3.8) is 0 Å². The van der Waals surface area contributed by atoms with Crippen molar-refractivity contribution in [2.75, 3.05) is 31.1 Å². The molecule has 1 spiro atoms. The van der Waals surface area contributed by atoms with Gasteiger partial charge in [-0.15, -0.1) is 10.2 Å². The smallest absolute Gasteiger partial charge is 0.282 e. The lowest BCUT2D eigenvalue weighted by molar-refractivity contribution is -0.0350. The molecule has 11 heteroatoms. The lowest BCUT2D eigenvalue weighted by atomic mass is 9.61. The van der Waals surface area contributed by atoms with Crippen LogP contribution in [0, 0.1) is 11.2 Å². The number of nitrogens with zero attached hydrogens (tertiary/aromatic N) is 6. The van der Waals surface area contributed by atoms with Gasteiger partial charge in [0, 0.05) is 68.1 Å². The van der Waals surface area contributed by atoms with Crippen molar-refractivity contribution in [3.8, 4) is 17.4 Å². The Kier molecular flexibility index (Phi) is 6.99. The Hall–Kier alpha value is -3.86. The summed E-state index contributed by atoms with van der Waals surface area (Å²) >= 11 is 0. The van der Waals surface area contributed by atoms with Gasteiger partial charge in [-0.1, -0.05) is 0 Å². The fourth-order valence-electron chi connectivity index (χ4n) is 6.09. The zero-order valence-corrected chi connectivity index (χ0v) is 23.1. The number of hydrogen-bond donors (Lipinski definition) is 1. The second kappa shape index (κ2) is 10.6. The summed E-state index contributed by atoms with van der Waals surface area (Å²) in [5.41, 5.74) is 2.60. The van der Waals surface area contributed by atoms with Crippen molar-refractivity contribution in [2.45, 2.75) is 58.7 Å². The van der Waals surface area contributed by atoms with E-state index >= 15 is 0 Å². The molecule has 1 aliphatic carbocycles. The standard InChI is InChI=1S/C29H34FN7O3/c1-4-37(18(2)3)28(38)21-11-19(30)5-6-24(21)40-27-26(33-17-34-35-27)36-15-29(16-36)12-20(13-29)39-25-8-10-32-23-7-9-31-14-22(23)25/h5-6,8,10-11,17-18,20,31H,4,7,9,12-16H2,1-3H3. The van der Waals surface area contributed by atoms with Crippen LogP contribution in [0.5, 0.6) is 17.4 Å². The molecule has 4 heterocycles. The van der Waals surface area contributed by atoms with Gasteiger partial charge in [-0.3, -0.25) is 9.78 Å². The number of carbonyl (C=O) groups excluding carboxylic acids is 1. The number of nitrogens with one attached hydrogen (secondary N) is 1. The first kappa shape index (κ1) is 26.4. The molecule has 1 saturated carbocycles. The maximum absolute atomic E-state index is 14.2. The molecular weight excluding hydrogens is 513 g/mol. The number of rotatable bonds is 8. The van der Waals surface area contributed by atoms with Gasteiger partial charge in [0.25, 0.3) is 11.8 Å². The molecule has 0 unspecified atom stereocenters. The number of halogens is 1. The van der Waals surface area contributed by atoms with Crippen molar-refractivity contribution in [2.24, 2.45) is 5.41 Å². The molecule has 1 aromatic carbocycles. The molecule has 1 saturated heterocycles. The number of benzene rings is 1. The molecule has 0 radical (unpaired) electrons. The topological polar surface area (TPSA) is 106 Å². The highest BCUT2D eigenvalue weighted by Crippen LogP contribution is 2.52. The molecule has 0 bridgehead atoms. The number of hydrogen-bond acceptors (Lipinski definition) is 9. The number of aromatic nitrogens is 4. The Bertz CT molecular complexity index is 1400. The number of anilines is 1. The summed E-state index contributed by atoms with van der Waals surface area (Å²) in [6.07, 6.45) is 6.24. The second-order valence-corrected chi connectivity index (χ2v) is 11.2. The SMILES string of the molecule is CCN(C(=O)c1cc(F)ccc1Oc1nncnc1N1CC2(CC(Oc3ccnc4c3CNCC4)C2)C1)C(C)C. The quantitative estimate of drug-likeness (QED) is 0.451. The molecule has 2 aromatic heterocycles. The Labute approximate surface area is 232 Å². The van der Waals surface area contributed by atoms with E-state index in [0.717, 1.165) is 56.9 Å². The molecule has 1 N–H and O–H groups in total. The fourth-order valence-corrected chi connectivity index (χ4v) is 6.09. The van der Waals surface area contributed by atoms with Gasteiger partial charge in [0.05, 0.1) is 5.56 Å². The summed E-state index contributed by atoms with van der Waals surface area (Å²) in [5, 5.41) is 11.5. The largest absolute Gasteiger partial charge is 0.490 e. The number of pyridine rings is 1. The van der Waals surface area contributed by atoms with Crippen molar-refractivity contribution < 1.29 is 18.7 Å². The van der Waals surface area contributed by atoms with Gasteiger partial charge >= 0.3 is 0 Å². The van der Waals surface area contributed by atoms with Crippen LogP contribution in [0.4, 0.5) is 10.2 Å². The molecule has 1 amide bonds. The molecule has 2 fully saturated rings. The van der Waals surface area contributed by atoms with Crippen LogP contribution in [0.25, 0.3) is 0 Å². The summed E-state index contributed by atoms with van der Waals surface area (Å²) in [5.74, 6) is 1.08. The summed E-state index contributed by atoms with van der Waals surface area (Å²) in [4.78, 5) is 26.0. The molecule has 210 valence electrons. The minimum atomic E-state index is -0.511. The highest BCUT2D eigenvalue weighted by Gasteiger charge is 2.54. The molecule has 0 atom stereocenters. The van der Waals surface area contributed by atoms with Crippen LogP contribution < -0.4 is 19.7 Å². The summed E-state index contributed by atoms with van der Waals surface area (Å²) in [7, 11) is 0. The third-order valence-corrected chi connectivity index (χ3v) is 8.08. The van der Waals surface area contributed by atoms with Gasteiger partial charge in [-0.2, -0.15) is 0 Å². The zero-order valence-electron chi connectivity index (χ0n) is 23.1. The summed E-state index contributed by atoms with van der Waals surface area (Å²) in [6.45, 7) is 9.56. The maximum Gasteiger partial charge on any atom is 0.282 e. The second-order valence-electron chi connectivity index (χ2n) is 11.2. The lowest BCUT2D eigenvalue weighted by Gasteiger charge is -2.58. The highest BCUT2D eigenvalue weighted by molar-refractivity contribution is 5.97. The first-order valence-electron chi connectivity index (χ1n) is 13.9. The van der Waals surface area contributed by atoms with Crippen LogP contribution >= 0.6 is 0 Å². The van der Waals surface area contributed by atoms with E-state index in [4.69, 9.17) is 9.47 Å². The van der Waals surface area contributed by atoms with Gasteiger partial charge in [-0.05, 0) is 57.9 Å². The number of ether oxygens (including phenoxy) is 2. The van der Waals surface area contributed by atoms with E-state index in [9.17, 15) is 9.18 Å². The normalized spacial score (nSPS) is 17.7. The molecule has 3 aliphatic rings. The monoisotopic (exact) mass is 547 g/mol. The molecule has 3 aromatic rings. The average molecular weight is 548 g/mol. The van der Waals surface area contributed by atoms with E-state index < -0.39 is 5.82 Å². The molecule has 10 nitrogen and oxygen atoms in total. The van der Waals surface area contributed by atoms with Gasteiger partial charge in [-0.25, -0.2) is 9.37 Å². The van der Waals surface area contributed by atoms with Crippen molar-refractivity contribution in [3.05, 3.63) is 59.4 Å². The average Bonchev–Trinajstić information content (AvgIpc) is 2.91. The third-order valence-electron chi connectivity index (χ3n) is 8.08. The van der Waals surface area contributed by atoms with E-state index in [1.165, 1.54) is 30.1 Å². The van der Waals surface area contributed by atoms with Crippen molar-refractivity contribution >= 4 is 11.7 Å². The predicted molar refractivity (Wildman–Crippen MR) is 146 cm³/mol. The van der Waals surface area contributed by atoms with Crippen molar-refractivity contribution in [1.29, 1.82) is 0 Å². The first-order valence-corrected chi connectivity index (χ1v) is 13.9. The van der Waals surface area contributed by atoms with Gasteiger partial charge in [0.15, 0.2) is 5.82 Å². The maximum atomic E-state index is 14.2. The van der Waals surface area contributed by atoms with Crippen LogP contribution in [0.15, 0.2) is 36.8 Å². The predicted octanol–water partition coefficient (Wildman–Crippen LogP) is 3.76. The van der Waals surface area contributed by atoms with Crippen molar-refractivity contribution in [1.82, 2.24) is 30.4 Å². The number of amides is 1.